The van der Waals surface area contributed by atoms with Crippen LogP contribution in [-0.4, -0.2) is 81.1 Å². The lowest BCUT2D eigenvalue weighted by atomic mass is 10.0. The molecule has 0 spiro atoms. The molecule has 0 radical (unpaired) electrons. The topological polar surface area (TPSA) is 112 Å². The number of amides is 2. The summed E-state index contributed by atoms with van der Waals surface area (Å²) in [5, 5.41) is 2.83. The van der Waals surface area contributed by atoms with Gasteiger partial charge in [0.2, 0.25) is 0 Å². The molecule has 2 aliphatic heterocycles. The number of sulfone groups is 1. The predicted octanol–water partition coefficient (Wildman–Crippen LogP) is 2.99. The van der Waals surface area contributed by atoms with Gasteiger partial charge in [-0.2, -0.15) is 0 Å². The minimum absolute atomic E-state index is 0.0246. The summed E-state index contributed by atoms with van der Waals surface area (Å²) in [5.74, 6) is -0.137. The molecule has 2 N–H and O–H groups in total. The van der Waals surface area contributed by atoms with Gasteiger partial charge < -0.3 is 24.8 Å². The fourth-order valence-corrected chi connectivity index (χ4v) is 6.18. The fraction of sp³-hybridized carbons (Fsp3) is 0.379. The van der Waals surface area contributed by atoms with E-state index in [-0.39, 0.29) is 23.3 Å². The van der Waals surface area contributed by atoms with E-state index in [0.29, 0.717) is 52.5 Å². The zero-order valence-electron chi connectivity index (χ0n) is 23.1. The number of aromatic amines is 1. The fourth-order valence-electron chi connectivity index (χ4n) is 4.95. The van der Waals surface area contributed by atoms with Gasteiger partial charge in [0.15, 0.2) is 9.84 Å². The van der Waals surface area contributed by atoms with Crippen LogP contribution in [0.5, 0.6) is 5.75 Å². The number of nitrogens with one attached hydrogen (secondary N) is 2. The number of H-pyrrole nitrogens is 1. The lowest BCUT2D eigenvalue weighted by Gasteiger charge is -2.32. The van der Waals surface area contributed by atoms with Gasteiger partial charge in [0, 0.05) is 48.8 Å². The Morgan fingerprint density at radius 2 is 1.85 bits per heavy atom. The first-order valence-corrected chi connectivity index (χ1v) is 14.8. The maximum atomic E-state index is 13.3. The molecule has 2 saturated heterocycles. The number of hydrogen-bond acceptors (Lipinski definition) is 6. The summed E-state index contributed by atoms with van der Waals surface area (Å²) in [5.41, 5.74) is 4.82. The van der Waals surface area contributed by atoms with E-state index in [1.54, 1.807) is 49.4 Å². The zero-order valence-corrected chi connectivity index (χ0v) is 23.9. The highest BCUT2D eigenvalue weighted by atomic mass is 32.2. The number of aromatic nitrogens is 1. The van der Waals surface area contributed by atoms with Crippen LogP contribution in [0.25, 0.3) is 6.08 Å². The second kappa shape index (κ2) is 11.6. The Morgan fingerprint density at radius 3 is 2.51 bits per heavy atom. The lowest BCUT2D eigenvalue weighted by molar-refractivity contribution is -0.115. The number of likely N-dealkylation sites (N-methyl/N-ethyl adjacent to an activating group) is 1. The highest BCUT2D eigenvalue weighted by Crippen LogP contribution is 2.30. The number of methoxy groups -OCH3 is 1. The molecule has 2 amide bonds. The number of ether oxygens (including phenoxy) is 1. The first-order valence-electron chi connectivity index (χ1n) is 12.9. The molecule has 4 rings (SSSR count). The molecular formula is C29H36N4O5S. The van der Waals surface area contributed by atoms with Gasteiger partial charge >= 0.3 is 0 Å². The highest BCUT2D eigenvalue weighted by molar-refractivity contribution is 7.90. The van der Waals surface area contributed by atoms with Gasteiger partial charge in [-0.15, -0.1) is 0 Å². The molecule has 0 unspecified atom stereocenters. The van der Waals surface area contributed by atoms with Crippen LogP contribution < -0.4 is 10.1 Å². The summed E-state index contributed by atoms with van der Waals surface area (Å²) in [6.07, 6.45) is 5.03. The number of rotatable bonds is 7. The van der Waals surface area contributed by atoms with Crippen LogP contribution >= 0.6 is 0 Å². The van der Waals surface area contributed by atoms with Crippen LogP contribution in [0.2, 0.25) is 0 Å². The van der Waals surface area contributed by atoms with Crippen LogP contribution in [0.1, 0.15) is 39.8 Å². The Morgan fingerprint density at radius 1 is 1.13 bits per heavy atom. The molecule has 2 aromatic rings. The Balaban J connectivity index is 1.62. The normalized spacial score (nSPS) is 19.8. The molecule has 39 heavy (non-hydrogen) atoms. The highest BCUT2D eigenvalue weighted by Gasteiger charge is 2.29. The van der Waals surface area contributed by atoms with Gasteiger partial charge in [-0.05, 0) is 57.2 Å². The third kappa shape index (κ3) is 6.34. The third-order valence-electron chi connectivity index (χ3n) is 7.19. The third-order valence-corrected chi connectivity index (χ3v) is 8.64. The summed E-state index contributed by atoms with van der Waals surface area (Å²) in [4.78, 5) is 33.6. The summed E-state index contributed by atoms with van der Waals surface area (Å²) in [6, 6.07) is 6.96. The van der Waals surface area contributed by atoms with Crippen molar-refractivity contribution in [2.24, 2.45) is 0 Å². The first kappa shape index (κ1) is 28.4. The molecule has 3 heterocycles. The Bertz CT molecular complexity index is 1470. The first-order chi connectivity index (χ1) is 18.5. The smallest absolute Gasteiger partial charge is 0.256 e. The van der Waals surface area contributed by atoms with Crippen LogP contribution in [0, 0.1) is 13.8 Å². The maximum Gasteiger partial charge on any atom is 0.256 e. The second-order valence-corrected chi connectivity index (χ2v) is 12.1. The van der Waals surface area contributed by atoms with E-state index in [1.165, 1.54) is 7.11 Å². The number of carbonyl (C=O) groups excluding carboxylic acids is 2. The van der Waals surface area contributed by atoms with Gasteiger partial charge in [-0.1, -0.05) is 24.3 Å². The number of piperazine rings is 1. The number of allylic oxidation sites excluding steroid dienone is 2. The van der Waals surface area contributed by atoms with Crippen molar-refractivity contribution in [2.45, 2.75) is 26.5 Å². The van der Waals surface area contributed by atoms with Crippen molar-refractivity contribution in [1.82, 2.24) is 20.1 Å². The standard InChI is InChI=1S/C29H36N4O5S/c1-6-25-23(10-15-39(36,37)18-21-8-7-9-22(16-21)38-5)24(28(34)31-25)17-26-19(2)27(20(3)30-26)29(35)33-13-11-32(4)12-14-33/h6-10,16-17,30H,11-15,18H2,1-5H3,(H,31,34)/b23-10-,24-17-,25-6+. The van der Waals surface area contributed by atoms with Crippen molar-refractivity contribution >= 4 is 27.7 Å². The van der Waals surface area contributed by atoms with E-state index in [1.807, 2.05) is 25.8 Å². The molecule has 2 fully saturated rings. The molecule has 1 aromatic heterocycles. The van der Waals surface area contributed by atoms with E-state index in [9.17, 15) is 18.0 Å². The number of nitrogens with zero attached hydrogens (tertiary/aromatic N) is 2. The van der Waals surface area contributed by atoms with Gasteiger partial charge in [0.1, 0.15) is 5.75 Å². The molecule has 2 aliphatic rings. The monoisotopic (exact) mass is 552 g/mol. The van der Waals surface area contributed by atoms with Gasteiger partial charge in [-0.25, -0.2) is 8.42 Å². The van der Waals surface area contributed by atoms with Crippen LogP contribution in [0.4, 0.5) is 0 Å². The SMILES string of the molecule is C/C=C1/NC(=O)C(=C\c2[nH]c(C)c(C(=O)N3CCN(C)CC3)c2C)/C1=C/CS(=O)(=O)Cc1cccc(OC)c1. The average molecular weight is 553 g/mol. The van der Waals surface area contributed by atoms with E-state index >= 15 is 0 Å². The van der Waals surface area contributed by atoms with Crippen LogP contribution in [-0.2, 0) is 20.4 Å². The van der Waals surface area contributed by atoms with Crippen molar-refractivity contribution in [2.75, 3.05) is 46.1 Å². The molecule has 1 aromatic carbocycles. The van der Waals surface area contributed by atoms with Gasteiger partial charge in [0.05, 0.1) is 29.8 Å². The minimum atomic E-state index is -3.52. The summed E-state index contributed by atoms with van der Waals surface area (Å²) in [7, 11) is 0.0586. The van der Waals surface area contributed by atoms with Crippen LogP contribution in [0.15, 0.2) is 53.3 Å². The minimum Gasteiger partial charge on any atom is -0.497 e. The van der Waals surface area contributed by atoms with Crippen molar-refractivity contribution in [1.29, 1.82) is 0 Å². The lowest BCUT2D eigenvalue weighted by Crippen LogP contribution is -2.47. The van der Waals surface area contributed by atoms with Crippen molar-refractivity contribution in [3.05, 3.63) is 81.3 Å². The average Bonchev–Trinajstić information content (AvgIpc) is 3.36. The maximum absolute atomic E-state index is 13.3. The molecule has 208 valence electrons. The van der Waals surface area contributed by atoms with Crippen molar-refractivity contribution < 1.29 is 22.7 Å². The summed E-state index contributed by atoms with van der Waals surface area (Å²) in [6.45, 7) is 8.49. The van der Waals surface area contributed by atoms with E-state index in [4.69, 9.17) is 4.74 Å². The van der Waals surface area contributed by atoms with Crippen LogP contribution in [0.3, 0.4) is 0 Å². The predicted molar refractivity (Wildman–Crippen MR) is 152 cm³/mol. The van der Waals surface area contributed by atoms with E-state index < -0.39 is 9.84 Å². The largest absolute Gasteiger partial charge is 0.497 e. The molecular weight excluding hydrogens is 516 g/mol. The second-order valence-electron chi connectivity index (χ2n) is 10.00. The number of benzene rings is 1. The Hall–Kier alpha value is -3.63. The number of carbonyl (C=O) groups is 2. The number of aryl methyl sites for hydroxylation is 1. The molecule has 0 atom stereocenters. The Labute approximate surface area is 230 Å². The molecule has 0 aliphatic carbocycles. The quantitative estimate of drug-likeness (QED) is 0.511. The zero-order chi connectivity index (χ0) is 28.3. The van der Waals surface area contributed by atoms with Crippen molar-refractivity contribution in [3.63, 3.8) is 0 Å². The van der Waals surface area contributed by atoms with Gasteiger partial charge in [-0.3, -0.25) is 9.59 Å². The van der Waals surface area contributed by atoms with E-state index in [0.717, 1.165) is 24.3 Å². The Kier molecular flexibility index (Phi) is 8.46. The summed E-state index contributed by atoms with van der Waals surface area (Å²) >= 11 is 0. The van der Waals surface area contributed by atoms with Crippen molar-refractivity contribution in [3.8, 4) is 5.75 Å². The number of hydrogen-bond donors (Lipinski definition) is 2. The summed E-state index contributed by atoms with van der Waals surface area (Å²) < 4.78 is 31.1. The molecule has 9 nitrogen and oxygen atoms in total. The van der Waals surface area contributed by atoms with Gasteiger partial charge in [0.25, 0.3) is 11.8 Å². The molecule has 0 bridgehead atoms. The molecule has 0 saturated carbocycles. The molecule has 10 heteroatoms. The van der Waals surface area contributed by atoms with E-state index in [2.05, 4.69) is 15.2 Å².